The first-order valence-corrected chi connectivity index (χ1v) is 6.66. The molecule has 0 N–H and O–H groups in total. The number of esters is 1. The second kappa shape index (κ2) is 8.00. The zero-order valence-electron chi connectivity index (χ0n) is 11.7. The number of carbonyl (C=O) groups is 1. The quantitative estimate of drug-likeness (QED) is 0.503. The van der Waals surface area contributed by atoms with Crippen molar-refractivity contribution in [3.05, 3.63) is 0 Å². The van der Waals surface area contributed by atoms with Crippen LogP contribution in [0.3, 0.4) is 0 Å². The largest absolute Gasteiger partial charge is 0.464 e. The van der Waals surface area contributed by atoms with Crippen LogP contribution in [-0.2, 0) is 14.3 Å². The normalized spacial score (nSPS) is 17.8. The summed E-state index contributed by atoms with van der Waals surface area (Å²) in [6.45, 7) is 2.60. The molecular formula is C12H17F6NO3. The molecule has 0 spiro atoms. The average Bonchev–Trinajstić information content (AvgIpc) is 2.46. The number of hydrogen-bond donors (Lipinski definition) is 0. The van der Waals surface area contributed by atoms with E-state index in [4.69, 9.17) is 4.74 Å². The maximum Gasteiger partial charge on any atom is 0.369 e. The number of rotatable bonds is 8. The topological polar surface area (TPSA) is 38.8 Å². The fourth-order valence-electron chi connectivity index (χ4n) is 1.77. The minimum Gasteiger partial charge on any atom is -0.464 e. The summed E-state index contributed by atoms with van der Waals surface area (Å²) in [5.41, 5.74) is 0. The highest BCUT2D eigenvalue weighted by atomic mass is 19.3. The summed E-state index contributed by atoms with van der Waals surface area (Å²) in [5, 5.41) is 0. The smallest absolute Gasteiger partial charge is 0.369 e. The van der Waals surface area contributed by atoms with E-state index in [1.807, 2.05) is 4.90 Å². The number of hydrogen-bond acceptors (Lipinski definition) is 4. The Hall–Kier alpha value is -1.03. The summed E-state index contributed by atoms with van der Waals surface area (Å²) in [4.78, 5) is 13.1. The third-order valence-corrected chi connectivity index (χ3v) is 3.18. The van der Waals surface area contributed by atoms with E-state index in [-0.39, 0.29) is 6.61 Å². The number of morpholine rings is 1. The average molecular weight is 337 g/mol. The van der Waals surface area contributed by atoms with Crippen molar-refractivity contribution >= 4 is 5.97 Å². The molecule has 0 aromatic carbocycles. The van der Waals surface area contributed by atoms with Crippen molar-refractivity contribution in [2.75, 3.05) is 39.5 Å². The van der Waals surface area contributed by atoms with Crippen LogP contribution in [-0.4, -0.2) is 68.6 Å². The lowest BCUT2D eigenvalue weighted by molar-refractivity contribution is -0.266. The molecule has 10 heteroatoms. The molecule has 0 aliphatic carbocycles. The molecule has 1 rings (SSSR count). The van der Waals surface area contributed by atoms with E-state index >= 15 is 0 Å². The van der Waals surface area contributed by atoms with Gasteiger partial charge in [-0.1, -0.05) is 0 Å². The van der Waals surface area contributed by atoms with E-state index in [9.17, 15) is 31.1 Å². The van der Waals surface area contributed by atoms with Gasteiger partial charge in [-0.25, -0.2) is 8.78 Å². The van der Waals surface area contributed by atoms with Gasteiger partial charge in [-0.05, 0) is 0 Å². The van der Waals surface area contributed by atoms with Crippen LogP contribution >= 0.6 is 0 Å². The lowest BCUT2D eigenvalue weighted by atomic mass is 10.1. The van der Waals surface area contributed by atoms with Crippen LogP contribution in [0.2, 0.25) is 0 Å². The van der Waals surface area contributed by atoms with Crippen molar-refractivity contribution in [2.24, 2.45) is 0 Å². The molecule has 22 heavy (non-hydrogen) atoms. The van der Waals surface area contributed by atoms with Gasteiger partial charge in [-0.15, -0.1) is 0 Å². The Kier molecular flexibility index (Phi) is 6.92. The minimum absolute atomic E-state index is 0.0877. The molecule has 1 aliphatic heterocycles. The van der Waals surface area contributed by atoms with Crippen LogP contribution in [0.1, 0.15) is 12.8 Å². The van der Waals surface area contributed by atoms with Crippen LogP contribution in [0.4, 0.5) is 26.3 Å². The highest BCUT2D eigenvalue weighted by Crippen LogP contribution is 2.41. The van der Waals surface area contributed by atoms with Crippen LogP contribution in [0.5, 0.6) is 0 Å². The van der Waals surface area contributed by atoms with Gasteiger partial charge < -0.3 is 9.47 Å². The van der Waals surface area contributed by atoms with E-state index in [1.165, 1.54) is 0 Å². The van der Waals surface area contributed by atoms with E-state index < -0.39 is 37.1 Å². The van der Waals surface area contributed by atoms with E-state index in [1.54, 1.807) is 0 Å². The molecule has 1 fully saturated rings. The van der Waals surface area contributed by atoms with Crippen LogP contribution in [0.25, 0.3) is 0 Å². The van der Waals surface area contributed by atoms with Crippen LogP contribution in [0.15, 0.2) is 0 Å². The van der Waals surface area contributed by atoms with E-state index in [2.05, 4.69) is 4.74 Å². The molecule has 0 radical (unpaired) electrons. The fourth-order valence-corrected chi connectivity index (χ4v) is 1.77. The lowest BCUT2D eigenvalue weighted by Gasteiger charge is -2.26. The van der Waals surface area contributed by atoms with E-state index in [0.29, 0.717) is 32.8 Å². The Morgan fingerprint density at radius 2 is 1.77 bits per heavy atom. The summed E-state index contributed by atoms with van der Waals surface area (Å²) in [6.07, 6.45) is -7.25. The molecule has 0 unspecified atom stereocenters. The Morgan fingerprint density at radius 3 is 2.32 bits per heavy atom. The third-order valence-electron chi connectivity index (χ3n) is 3.18. The Labute approximate surface area is 123 Å². The van der Waals surface area contributed by atoms with Gasteiger partial charge in [0.2, 0.25) is 0 Å². The van der Waals surface area contributed by atoms with Gasteiger partial charge in [0.25, 0.3) is 0 Å². The summed E-state index contributed by atoms with van der Waals surface area (Å²) < 4.78 is 84.6. The molecule has 1 heterocycles. The van der Waals surface area contributed by atoms with Crippen molar-refractivity contribution in [3.8, 4) is 0 Å². The summed E-state index contributed by atoms with van der Waals surface area (Å²) in [6, 6.07) is 0. The monoisotopic (exact) mass is 337 g/mol. The highest BCUT2D eigenvalue weighted by Gasteiger charge is 2.62. The number of ether oxygens (including phenoxy) is 2. The lowest BCUT2D eigenvalue weighted by Crippen LogP contribution is -2.46. The fraction of sp³-hybridized carbons (Fsp3) is 0.917. The molecule has 1 saturated heterocycles. The molecule has 0 saturated carbocycles. The van der Waals surface area contributed by atoms with Gasteiger partial charge in [0.1, 0.15) is 6.61 Å². The summed E-state index contributed by atoms with van der Waals surface area (Å²) in [7, 11) is 0. The van der Waals surface area contributed by atoms with Crippen LogP contribution < -0.4 is 0 Å². The zero-order valence-corrected chi connectivity index (χ0v) is 11.7. The minimum atomic E-state index is -5.47. The predicted molar refractivity (Wildman–Crippen MR) is 63.4 cm³/mol. The Morgan fingerprint density at radius 1 is 1.18 bits per heavy atom. The number of carbonyl (C=O) groups excluding carboxylic acids is 1. The third kappa shape index (κ3) is 5.31. The highest BCUT2D eigenvalue weighted by molar-refractivity contribution is 5.69. The van der Waals surface area contributed by atoms with Crippen molar-refractivity contribution < 1.29 is 40.6 Å². The number of nitrogens with zero attached hydrogens (tertiary/aromatic N) is 1. The maximum atomic E-state index is 13.0. The maximum absolute atomic E-state index is 13.0. The molecule has 130 valence electrons. The molecule has 4 nitrogen and oxygen atoms in total. The first kappa shape index (κ1) is 19.0. The van der Waals surface area contributed by atoms with Gasteiger partial charge in [0.05, 0.1) is 19.6 Å². The molecular weight excluding hydrogens is 320 g/mol. The van der Waals surface area contributed by atoms with Gasteiger partial charge in [0, 0.05) is 26.1 Å². The SMILES string of the molecule is O=C(CCC(F)(F)C(F)(F)C(F)F)OCCN1CCOCC1. The van der Waals surface area contributed by atoms with Gasteiger partial charge in [-0.2, -0.15) is 17.6 Å². The van der Waals surface area contributed by atoms with Crippen molar-refractivity contribution in [1.82, 2.24) is 4.90 Å². The predicted octanol–water partition coefficient (Wildman–Crippen LogP) is 2.18. The Balaban J connectivity index is 2.27. The van der Waals surface area contributed by atoms with Crippen molar-refractivity contribution in [2.45, 2.75) is 31.1 Å². The Bertz CT molecular complexity index is 361. The first-order valence-electron chi connectivity index (χ1n) is 6.66. The van der Waals surface area contributed by atoms with Crippen molar-refractivity contribution in [1.29, 1.82) is 0 Å². The van der Waals surface area contributed by atoms with E-state index in [0.717, 1.165) is 0 Å². The van der Waals surface area contributed by atoms with Crippen LogP contribution in [0, 0.1) is 0 Å². The zero-order chi connectivity index (χ0) is 16.8. The molecule has 0 atom stereocenters. The molecule has 0 aromatic rings. The summed E-state index contributed by atoms with van der Waals surface area (Å²) >= 11 is 0. The second-order valence-corrected chi connectivity index (χ2v) is 4.80. The number of alkyl halides is 6. The first-order chi connectivity index (χ1) is 10.2. The van der Waals surface area contributed by atoms with Crippen molar-refractivity contribution in [3.63, 3.8) is 0 Å². The van der Waals surface area contributed by atoms with Gasteiger partial charge in [0.15, 0.2) is 0 Å². The molecule has 0 bridgehead atoms. The standard InChI is InChI=1S/C12H17F6NO3/c13-10(14)12(17,18)11(15,16)2-1-9(20)22-8-5-19-3-6-21-7-4-19/h10H,1-8H2. The molecule has 1 aliphatic rings. The van der Waals surface area contributed by atoms with Gasteiger partial charge in [-0.3, -0.25) is 9.69 Å². The second-order valence-electron chi connectivity index (χ2n) is 4.80. The molecule has 0 aromatic heterocycles. The number of halogens is 6. The van der Waals surface area contributed by atoms with Gasteiger partial charge >= 0.3 is 24.2 Å². The summed E-state index contributed by atoms with van der Waals surface area (Å²) in [5.74, 6) is -11.6. The molecule has 0 amide bonds.